The van der Waals surface area contributed by atoms with Gasteiger partial charge in [-0.25, -0.2) is 0 Å². The Morgan fingerprint density at radius 3 is 2.35 bits per heavy atom. The third kappa shape index (κ3) is 4.09. The van der Waals surface area contributed by atoms with Crippen LogP contribution in [0.4, 0.5) is 5.69 Å². The molecule has 4 nitrogen and oxygen atoms in total. The quantitative estimate of drug-likeness (QED) is 0.813. The Hall–Kier alpha value is -1.46. The van der Waals surface area contributed by atoms with Crippen molar-refractivity contribution >= 4 is 46.4 Å². The fourth-order valence-corrected chi connectivity index (χ4v) is 3.89. The molecule has 0 aliphatic carbocycles. The Kier molecular flexibility index (Phi) is 5.98. The molecule has 2 N–H and O–H groups in total. The molecular formula is C19H20Cl3N3O. The highest BCUT2D eigenvalue weighted by Gasteiger charge is 2.32. The molecule has 2 aromatic carbocycles. The predicted octanol–water partition coefficient (Wildman–Crippen LogP) is 4.38. The molecule has 1 fully saturated rings. The maximum atomic E-state index is 12.4. The van der Waals surface area contributed by atoms with E-state index in [1.165, 1.54) is 0 Å². The predicted molar refractivity (Wildman–Crippen MR) is 108 cm³/mol. The van der Waals surface area contributed by atoms with Crippen molar-refractivity contribution in [2.45, 2.75) is 19.0 Å². The first-order valence-electron chi connectivity index (χ1n) is 8.38. The van der Waals surface area contributed by atoms with Crippen LogP contribution in [0.5, 0.6) is 0 Å². The Labute approximate surface area is 168 Å². The summed E-state index contributed by atoms with van der Waals surface area (Å²) in [5.41, 5.74) is 7.75. The van der Waals surface area contributed by atoms with Crippen molar-refractivity contribution < 1.29 is 4.79 Å². The Bertz CT molecular complexity index is 795. The second kappa shape index (κ2) is 8.05. The van der Waals surface area contributed by atoms with Gasteiger partial charge in [0.05, 0.1) is 22.8 Å². The highest BCUT2D eigenvalue weighted by atomic mass is 35.5. The molecule has 7 heteroatoms. The van der Waals surface area contributed by atoms with Crippen LogP contribution in [0, 0.1) is 0 Å². The van der Waals surface area contributed by atoms with Gasteiger partial charge >= 0.3 is 0 Å². The summed E-state index contributed by atoms with van der Waals surface area (Å²) in [4.78, 5) is 16.4. The maximum Gasteiger partial charge on any atom is 0.239 e. The summed E-state index contributed by atoms with van der Waals surface area (Å²) in [5, 5.41) is 1.85. The van der Waals surface area contributed by atoms with Crippen LogP contribution in [0.25, 0.3) is 0 Å². The Morgan fingerprint density at radius 2 is 1.73 bits per heavy atom. The second-order valence-corrected chi connectivity index (χ2v) is 7.71. The lowest BCUT2D eigenvalue weighted by Crippen LogP contribution is -2.54. The highest BCUT2D eigenvalue weighted by molar-refractivity contribution is 6.36. The topological polar surface area (TPSA) is 49.6 Å². The van der Waals surface area contributed by atoms with Gasteiger partial charge in [-0.15, -0.1) is 0 Å². The number of carbonyl (C=O) groups is 1. The monoisotopic (exact) mass is 411 g/mol. The van der Waals surface area contributed by atoms with Crippen molar-refractivity contribution in [1.82, 2.24) is 4.90 Å². The van der Waals surface area contributed by atoms with Gasteiger partial charge in [-0.05, 0) is 42.8 Å². The summed E-state index contributed by atoms with van der Waals surface area (Å²) < 4.78 is 0. The molecule has 1 aliphatic heterocycles. The molecule has 26 heavy (non-hydrogen) atoms. The number of halogens is 3. The first-order chi connectivity index (χ1) is 12.4. The van der Waals surface area contributed by atoms with Gasteiger partial charge in [0, 0.05) is 29.7 Å². The smallest absolute Gasteiger partial charge is 0.239 e. The molecule has 2 aromatic rings. The molecule has 1 heterocycles. The van der Waals surface area contributed by atoms with Gasteiger partial charge in [0.25, 0.3) is 0 Å². The lowest BCUT2D eigenvalue weighted by Gasteiger charge is -2.43. The van der Waals surface area contributed by atoms with E-state index in [-0.39, 0.29) is 11.9 Å². The molecule has 1 aliphatic rings. The maximum absolute atomic E-state index is 12.4. The van der Waals surface area contributed by atoms with Crippen LogP contribution in [0.15, 0.2) is 42.5 Å². The summed E-state index contributed by atoms with van der Waals surface area (Å²) in [7, 11) is 0. The molecule has 2 atom stereocenters. The molecule has 0 aromatic heterocycles. The number of anilines is 1. The Balaban J connectivity index is 1.97. The molecule has 0 saturated carbocycles. The summed E-state index contributed by atoms with van der Waals surface area (Å²) in [6.07, 6.45) is 0. The second-order valence-electron chi connectivity index (χ2n) is 6.43. The van der Waals surface area contributed by atoms with Crippen LogP contribution in [0.1, 0.15) is 18.5 Å². The van der Waals surface area contributed by atoms with Gasteiger partial charge in [-0.3, -0.25) is 4.79 Å². The van der Waals surface area contributed by atoms with Crippen molar-refractivity contribution in [2.24, 2.45) is 5.73 Å². The van der Waals surface area contributed by atoms with Crippen LogP contribution in [-0.4, -0.2) is 36.5 Å². The van der Waals surface area contributed by atoms with Crippen molar-refractivity contribution in [3.05, 3.63) is 63.1 Å². The zero-order valence-electron chi connectivity index (χ0n) is 14.3. The number of nitrogens with zero attached hydrogens (tertiary/aromatic N) is 2. The Morgan fingerprint density at radius 1 is 1.08 bits per heavy atom. The number of piperazine rings is 1. The minimum Gasteiger partial charge on any atom is -0.360 e. The molecule has 1 amide bonds. The number of rotatable bonds is 3. The van der Waals surface area contributed by atoms with E-state index in [9.17, 15) is 4.79 Å². The minimum atomic E-state index is -0.522. The first kappa shape index (κ1) is 19.3. The molecule has 0 radical (unpaired) electrons. The van der Waals surface area contributed by atoms with Crippen LogP contribution >= 0.6 is 34.8 Å². The van der Waals surface area contributed by atoms with E-state index in [2.05, 4.69) is 4.90 Å². The number of benzene rings is 2. The van der Waals surface area contributed by atoms with Crippen molar-refractivity contribution in [3.8, 4) is 0 Å². The van der Waals surface area contributed by atoms with Crippen LogP contribution in [0.3, 0.4) is 0 Å². The third-order valence-electron chi connectivity index (χ3n) is 4.56. The van der Waals surface area contributed by atoms with Crippen molar-refractivity contribution in [2.75, 3.05) is 24.5 Å². The molecule has 0 bridgehead atoms. The van der Waals surface area contributed by atoms with Gasteiger partial charge in [0.1, 0.15) is 0 Å². The van der Waals surface area contributed by atoms with E-state index in [4.69, 9.17) is 40.5 Å². The number of hydrogen-bond donors (Lipinski definition) is 1. The third-order valence-corrected chi connectivity index (χ3v) is 5.35. The summed E-state index contributed by atoms with van der Waals surface area (Å²) in [5.74, 6) is -0.0502. The zero-order chi connectivity index (χ0) is 18.8. The highest BCUT2D eigenvalue weighted by Crippen LogP contribution is 2.36. The fraction of sp³-hybridized carbons (Fsp3) is 0.316. The van der Waals surface area contributed by atoms with E-state index >= 15 is 0 Å². The van der Waals surface area contributed by atoms with Gasteiger partial charge in [-0.2, -0.15) is 0 Å². The molecule has 0 unspecified atom stereocenters. The average molecular weight is 413 g/mol. The average Bonchev–Trinajstić information content (AvgIpc) is 2.61. The molecular weight excluding hydrogens is 393 g/mol. The summed E-state index contributed by atoms with van der Waals surface area (Å²) in [6.45, 7) is 3.47. The number of amides is 1. The normalized spacial score (nSPS) is 18.7. The first-order valence-corrected chi connectivity index (χ1v) is 9.51. The number of hydrogen-bond acceptors (Lipinski definition) is 3. The molecule has 0 spiro atoms. The van der Waals surface area contributed by atoms with Crippen molar-refractivity contribution in [3.63, 3.8) is 0 Å². The van der Waals surface area contributed by atoms with Crippen LogP contribution in [0.2, 0.25) is 15.1 Å². The van der Waals surface area contributed by atoms with E-state index < -0.39 is 6.04 Å². The van der Waals surface area contributed by atoms with Gasteiger partial charge in [-0.1, -0.05) is 46.9 Å². The van der Waals surface area contributed by atoms with E-state index in [0.717, 1.165) is 11.3 Å². The summed E-state index contributed by atoms with van der Waals surface area (Å²) >= 11 is 18.5. The van der Waals surface area contributed by atoms with E-state index in [0.29, 0.717) is 34.7 Å². The lowest BCUT2D eigenvalue weighted by atomic mass is 10.0. The number of carbonyl (C=O) groups excluding carboxylic acids is 1. The van der Waals surface area contributed by atoms with Crippen molar-refractivity contribution in [1.29, 1.82) is 0 Å². The SMILES string of the molecule is C[C@@H](N)C(=O)N1CCN(c2ccc(Cl)cc2Cl)[C@H](c2ccc(Cl)cc2)C1. The van der Waals surface area contributed by atoms with Crippen LogP contribution < -0.4 is 10.6 Å². The zero-order valence-corrected chi connectivity index (χ0v) is 16.6. The molecule has 3 rings (SSSR count). The number of nitrogens with two attached hydrogens (primary N) is 1. The molecule has 138 valence electrons. The standard InChI is InChI=1S/C19H20Cl3N3O/c1-12(23)19(26)24-8-9-25(17-7-6-15(21)10-16(17)22)18(11-24)13-2-4-14(20)5-3-13/h2-7,10,12,18H,8-9,11,23H2,1H3/t12-,18+/m1/s1. The lowest BCUT2D eigenvalue weighted by molar-refractivity contribution is -0.133. The van der Waals surface area contributed by atoms with E-state index in [1.807, 2.05) is 41.3 Å². The van der Waals surface area contributed by atoms with Gasteiger partial charge in [0.15, 0.2) is 0 Å². The molecule has 1 saturated heterocycles. The summed E-state index contributed by atoms with van der Waals surface area (Å²) in [6, 6.07) is 12.5. The largest absolute Gasteiger partial charge is 0.360 e. The van der Waals surface area contributed by atoms with Gasteiger partial charge in [0.2, 0.25) is 5.91 Å². The van der Waals surface area contributed by atoms with E-state index in [1.54, 1.807) is 13.0 Å². The minimum absolute atomic E-state index is 0.0502. The fourth-order valence-electron chi connectivity index (χ4n) is 3.24. The van der Waals surface area contributed by atoms with Gasteiger partial charge < -0.3 is 15.5 Å². The van der Waals surface area contributed by atoms with Crippen LogP contribution in [-0.2, 0) is 4.79 Å².